The van der Waals surface area contributed by atoms with Gasteiger partial charge in [0.15, 0.2) is 0 Å². The number of anilines is 2. The Morgan fingerprint density at radius 1 is 1.13 bits per heavy atom. The number of amides is 3. The van der Waals surface area contributed by atoms with E-state index >= 15 is 0 Å². The van der Waals surface area contributed by atoms with Crippen LogP contribution in [0.2, 0.25) is 0 Å². The van der Waals surface area contributed by atoms with Crippen LogP contribution in [0, 0.1) is 11.8 Å². The number of rotatable bonds is 10. The van der Waals surface area contributed by atoms with Gasteiger partial charge in [0.1, 0.15) is 6.61 Å². The van der Waals surface area contributed by atoms with Gasteiger partial charge in [0, 0.05) is 38.1 Å². The lowest BCUT2D eigenvalue weighted by Crippen LogP contribution is -2.41. The van der Waals surface area contributed by atoms with Crippen LogP contribution in [0.15, 0.2) is 24.3 Å². The van der Waals surface area contributed by atoms with Crippen molar-refractivity contribution in [1.29, 1.82) is 0 Å². The number of ether oxygens (including phenoxy) is 1. The van der Waals surface area contributed by atoms with E-state index in [1.165, 1.54) is 13.5 Å². The number of nitrogens with zero attached hydrogens (tertiary/aromatic N) is 2. The number of urea groups is 1. The molecule has 0 bridgehead atoms. The van der Waals surface area contributed by atoms with Crippen LogP contribution in [0.1, 0.15) is 40.0 Å². The molecule has 1 aromatic carbocycles. The first-order valence-corrected chi connectivity index (χ1v) is 11.1. The molecule has 1 fully saturated rings. The van der Waals surface area contributed by atoms with Crippen LogP contribution in [0.5, 0.6) is 0 Å². The zero-order chi connectivity index (χ0) is 21.9. The van der Waals surface area contributed by atoms with Crippen molar-refractivity contribution in [3.63, 3.8) is 0 Å². The molecule has 7 heteroatoms. The molecule has 0 aromatic heterocycles. The molecule has 0 radical (unpaired) electrons. The summed E-state index contributed by atoms with van der Waals surface area (Å²) >= 11 is 0. The van der Waals surface area contributed by atoms with Crippen molar-refractivity contribution in [2.24, 2.45) is 11.8 Å². The average molecular weight is 419 g/mol. The smallest absolute Gasteiger partial charge is 0.321 e. The lowest BCUT2D eigenvalue weighted by atomic mass is 9.93. The molecular formula is C23H38N4O3. The van der Waals surface area contributed by atoms with E-state index in [1.807, 2.05) is 4.90 Å². The molecule has 0 spiro atoms. The van der Waals surface area contributed by atoms with Gasteiger partial charge in [-0.1, -0.05) is 20.8 Å². The second-order valence-electron chi connectivity index (χ2n) is 8.49. The summed E-state index contributed by atoms with van der Waals surface area (Å²) < 4.78 is 4.80. The van der Waals surface area contributed by atoms with Crippen LogP contribution in [0.25, 0.3) is 0 Å². The molecule has 1 saturated heterocycles. The minimum atomic E-state index is -0.205. The Bertz CT molecular complexity index is 655. The van der Waals surface area contributed by atoms with Gasteiger partial charge < -0.3 is 25.2 Å². The molecule has 1 aliphatic rings. The fourth-order valence-corrected chi connectivity index (χ4v) is 3.85. The second-order valence-corrected chi connectivity index (χ2v) is 8.49. The molecule has 2 rings (SSSR count). The number of hydrogen-bond acceptors (Lipinski definition) is 4. The van der Waals surface area contributed by atoms with Gasteiger partial charge in [-0.15, -0.1) is 0 Å². The molecule has 0 aliphatic carbocycles. The Morgan fingerprint density at radius 3 is 2.27 bits per heavy atom. The normalized spacial score (nSPS) is 14.9. The molecule has 3 amide bonds. The number of likely N-dealkylation sites (tertiary alicyclic amines) is 1. The summed E-state index contributed by atoms with van der Waals surface area (Å²) in [5, 5.41) is 5.69. The summed E-state index contributed by atoms with van der Waals surface area (Å²) in [7, 11) is 1.48. The number of nitrogens with one attached hydrogen (secondary N) is 2. The predicted molar refractivity (Wildman–Crippen MR) is 122 cm³/mol. The van der Waals surface area contributed by atoms with Gasteiger partial charge in [-0.25, -0.2) is 4.79 Å². The van der Waals surface area contributed by atoms with Crippen molar-refractivity contribution >= 4 is 23.3 Å². The van der Waals surface area contributed by atoms with E-state index in [2.05, 4.69) is 36.3 Å². The summed E-state index contributed by atoms with van der Waals surface area (Å²) in [5.41, 5.74) is 1.40. The van der Waals surface area contributed by atoms with Gasteiger partial charge in [0.25, 0.3) is 0 Å². The summed E-state index contributed by atoms with van der Waals surface area (Å²) in [6, 6.07) is 7.07. The SMILES string of the molecule is CCN(CCC1CCN(C(=O)Nc2ccc(NC(=O)COC)cc2)CC1)CC(C)C. The first kappa shape index (κ1) is 24.2. The molecule has 168 valence electrons. The maximum absolute atomic E-state index is 12.6. The minimum Gasteiger partial charge on any atom is -0.375 e. The fraction of sp³-hybridized carbons (Fsp3) is 0.652. The van der Waals surface area contributed by atoms with Crippen LogP contribution < -0.4 is 10.6 Å². The van der Waals surface area contributed by atoms with Crippen LogP contribution in [0.3, 0.4) is 0 Å². The molecule has 2 N–H and O–H groups in total. The molecule has 1 aliphatic heterocycles. The van der Waals surface area contributed by atoms with E-state index in [9.17, 15) is 9.59 Å². The van der Waals surface area contributed by atoms with Gasteiger partial charge in [-0.05, 0) is 68.5 Å². The molecule has 1 heterocycles. The minimum absolute atomic E-state index is 0.0165. The highest BCUT2D eigenvalue weighted by molar-refractivity contribution is 5.93. The lowest BCUT2D eigenvalue weighted by Gasteiger charge is -2.33. The Balaban J connectivity index is 1.73. The topological polar surface area (TPSA) is 73.9 Å². The Hall–Kier alpha value is -2.12. The standard InChI is InChI=1S/C23H38N4O3/c1-5-26(16-18(2)3)13-10-19-11-14-27(15-12-19)23(29)25-21-8-6-20(7-9-21)24-22(28)17-30-4/h6-9,18-19H,5,10-17H2,1-4H3,(H,24,28)(H,25,29). The fourth-order valence-electron chi connectivity index (χ4n) is 3.85. The van der Waals surface area contributed by atoms with Crippen molar-refractivity contribution in [1.82, 2.24) is 9.80 Å². The zero-order valence-electron chi connectivity index (χ0n) is 18.9. The third-order valence-corrected chi connectivity index (χ3v) is 5.52. The quantitative estimate of drug-likeness (QED) is 0.605. The van der Waals surface area contributed by atoms with E-state index in [4.69, 9.17) is 4.74 Å². The van der Waals surface area contributed by atoms with Crippen LogP contribution in [0.4, 0.5) is 16.2 Å². The molecule has 7 nitrogen and oxygen atoms in total. The third-order valence-electron chi connectivity index (χ3n) is 5.52. The summed E-state index contributed by atoms with van der Waals surface area (Å²) in [6.45, 7) is 11.8. The van der Waals surface area contributed by atoms with E-state index in [1.54, 1.807) is 24.3 Å². The maximum atomic E-state index is 12.6. The first-order valence-electron chi connectivity index (χ1n) is 11.1. The first-order chi connectivity index (χ1) is 14.4. The van der Waals surface area contributed by atoms with E-state index in [0.29, 0.717) is 17.5 Å². The molecule has 0 saturated carbocycles. The number of carbonyl (C=O) groups excluding carboxylic acids is 2. The van der Waals surface area contributed by atoms with Crippen molar-refractivity contribution in [3.05, 3.63) is 24.3 Å². The van der Waals surface area contributed by atoms with Crippen LogP contribution in [-0.2, 0) is 9.53 Å². The largest absolute Gasteiger partial charge is 0.375 e. The van der Waals surface area contributed by atoms with Gasteiger partial charge >= 0.3 is 6.03 Å². The summed E-state index contributed by atoms with van der Waals surface area (Å²) in [5.74, 6) is 1.19. The van der Waals surface area contributed by atoms with Gasteiger partial charge in [0.05, 0.1) is 0 Å². The highest BCUT2D eigenvalue weighted by atomic mass is 16.5. The van der Waals surface area contributed by atoms with E-state index in [0.717, 1.165) is 51.3 Å². The zero-order valence-corrected chi connectivity index (χ0v) is 18.9. The van der Waals surface area contributed by atoms with Gasteiger partial charge in [-0.3, -0.25) is 4.79 Å². The molecule has 30 heavy (non-hydrogen) atoms. The van der Waals surface area contributed by atoms with Crippen molar-refractivity contribution in [2.75, 3.05) is 57.1 Å². The third kappa shape index (κ3) is 8.32. The van der Waals surface area contributed by atoms with Crippen LogP contribution >= 0.6 is 0 Å². The summed E-state index contributed by atoms with van der Waals surface area (Å²) in [6.07, 6.45) is 3.35. The maximum Gasteiger partial charge on any atom is 0.321 e. The monoisotopic (exact) mass is 418 g/mol. The van der Waals surface area contributed by atoms with Gasteiger partial charge in [0.2, 0.25) is 5.91 Å². The number of carbonyl (C=O) groups is 2. The molecule has 1 aromatic rings. The van der Waals surface area contributed by atoms with Crippen molar-refractivity contribution < 1.29 is 14.3 Å². The van der Waals surface area contributed by atoms with Crippen LogP contribution in [-0.4, -0.2) is 68.2 Å². The Kier molecular flexibility index (Phi) is 10.1. The van der Waals surface area contributed by atoms with E-state index < -0.39 is 0 Å². The van der Waals surface area contributed by atoms with Crippen molar-refractivity contribution in [2.45, 2.75) is 40.0 Å². The average Bonchev–Trinajstić information content (AvgIpc) is 2.72. The number of piperidine rings is 1. The van der Waals surface area contributed by atoms with Crippen molar-refractivity contribution in [3.8, 4) is 0 Å². The Labute approximate surface area is 181 Å². The lowest BCUT2D eigenvalue weighted by molar-refractivity contribution is -0.119. The predicted octanol–water partition coefficient (Wildman–Crippen LogP) is 3.88. The summed E-state index contributed by atoms with van der Waals surface area (Å²) in [4.78, 5) is 28.5. The highest BCUT2D eigenvalue weighted by Gasteiger charge is 2.23. The highest BCUT2D eigenvalue weighted by Crippen LogP contribution is 2.22. The number of benzene rings is 1. The second kappa shape index (κ2) is 12.5. The molecule has 0 unspecified atom stereocenters. The molecular weight excluding hydrogens is 380 g/mol. The number of hydrogen-bond donors (Lipinski definition) is 2. The van der Waals surface area contributed by atoms with Gasteiger partial charge in [-0.2, -0.15) is 0 Å². The Morgan fingerprint density at radius 2 is 1.73 bits per heavy atom. The number of methoxy groups -OCH3 is 1. The molecule has 0 atom stereocenters. The van der Waals surface area contributed by atoms with E-state index in [-0.39, 0.29) is 18.5 Å².